The van der Waals surface area contributed by atoms with Crippen LogP contribution < -0.4 is 4.74 Å². The number of nitrogens with zero attached hydrogens (tertiary/aromatic N) is 3. The monoisotopic (exact) mass is 501 g/mol. The molecule has 3 aromatic rings. The Morgan fingerprint density at radius 3 is 2.89 bits per heavy atom. The molecule has 4 rings (SSSR count). The van der Waals surface area contributed by atoms with Gasteiger partial charge < -0.3 is 14.7 Å². The SMILES string of the molecule is COc1ccc2ncc(F)c(CCC[C@H]3CCN(CCSc4ncccc4F)C[C@H]3C(=O)O)c2c1. The molecule has 1 fully saturated rings. The average Bonchev–Trinajstić information content (AvgIpc) is 2.86. The molecule has 0 spiro atoms. The summed E-state index contributed by atoms with van der Waals surface area (Å²) in [5.74, 6) is -0.631. The van der Waals surface area contributed by atoms with Crippen molar-refractivity contribution in [3.8, 4) is 5.75 Å². The van der Waals surface area contributed by atoms with Gasteiger partial charge in [0.1, 0.15) is 16.6 Å². The number of carbonyl (C=O) groups is 1. The van der Waals surface area contributed by atoms with E-state index in [1.807, 2.05) is 6.07 Å². The quantitative estimate of drug-likeness (QED) is 0.390. The minimum Gasteiger partial charge on any atom is -0.497 e. The van der Waals surface area contributed by atoms with Crippen LogP contribution in [0.5, 0.6) is 5.75 Å². The number of fused-ring (bicyclic) bond motifs is 1. The van der Waals surface area contributed by atoms with Gasteiger partial charge in [0.25, 0.3) is 0 Å². The van der Waals surface area contributed by atoms with Crippen LogP contribution in [0.2, 0.25) is 0 Å². The van der Waals surface area contributed by atoms with Crippen LogP contribution in [0, 0.1) is 23.5 Å². The zero-order chi connectivity index (χ0) is 24.8. The number of rotatable bonds is 10. The summed E-state index contributed by atoms with van der Waals surface area (Å²) in [5, 5.41) is 11.0. The molecule has 2 atom stereocenters. The highest BCUT2D eigenvalue weighted by Crippen LogP contribution is 2.31. The van der Waals surface area contributed by atoms with Crippen LogP contribution in [0.4, 0.5) is 8.78 Å². The van der Waals surface area contributed by atoms with Gasteiger partial charge in [-0.25, -0.2) is 13.8 Å². The molecule has 1 aliphatic heterocycles. The molecule has 1 aromatic carbocycles. The fourth-order valence-corrected chi connectivity index (χ4v) is 5.65. The molecule has 0 radical (unpaired) electrons. The van der Waals surface area contributed by atoms with Crippen LogP contribution in [0.15, 0.2) is 47.8 Å². The first-order chi connectivity index (χ1) is 17.0. The average molecular weight is 502 g/mol. The first kappa shape index (κ1) is 25.3. The normalized spacial score (nSPS) is 18.6. The fourth-order valence-electron chi connectivity index (χ4n) is 4.77. The zero-order valence-electron chi connectivity index (χ0n) is 19.6. The first-order valence-electron chi connectivity index (χ1n) is 11.8. The third kappa shape index (κ3) is 6.27. The summed E-state index contributed by atoms with van der Waals surface area (Å²) in [5.41, 5.74) is 1.30. The molecule has 3 heterocycles. The molecule has 0 saturated carbocycles. The van der Waals surface area contributed by atoms with Gasteiger partial charge in [-0.15, -0.1) is 11.8 Å². The lowest BCUT2D eigenvalue weighted by atomic mass is 9.81. The summed E-state index contributed by atoms with van der Waals surface area (Å²) in [4.78, 5) is 22.4. The van der Waals surface area contributed by atoms with E-state index >= 15 is 0 Å². The highest BCUT2D eigenvalue weighted by atomic mass is 32.2. The number of halogens is 2. The number of piperidine rings is 1. The van der Waals surface area contributed by atoms with Gasteiger partial charge in [-0.2, -0.15) is 0 Å². The maximum absolute atomic E-state index is 14.6. The second-order valence-corrected chi connectivity index (χ2v) is 9.88. The first-order valence-corrected chi connectivity index (χ1v) is 12.7. The smallest absolute Gasteiger partial charge is 0.308 e. The molecule has 35 heavy (non-hydrogen) atoms. The summed E-state index contributed by atoms with van der Waals surface area (Å²) >= 11 is 1.34. The van der Waals surface area contributed by atoms with Gasteiger partial charge in [-0.3, -0.25) is 9.78 Å². The molecule has 1 N–H and O–H groups in total. The Labute approximate surface area is 207 Å². The van der Waals surface area contributed by atoms with Crippen molar-refractivity contribution in [1.82, 2.24) is 14.9 Å². The standard InChI is InChI=1S/C26H29F2N3O3S/c1-34-18-7-8-24-20(14-18)19(23(28)15-30-24)5-2-4-17-9-11-31(16-21(17)26(32)33)12-13-35-25-22(27)6-3-10-29-25/h3,6-8,10,14-15,17,21H,2,4-5,9,11-13,16H2,1H3,(H,32,33)/t17-,21+/m0/s1. The summed E-state index contributed by atoms with van der Waals surface area (Å²) in [6.45, 7) is 1.94. The topological polar surface area (TPSA) is 75.5 Å². The Kier molecular flexibility index (Phi) is 8.51. The molecule has 0 unspecified atom stereocenters. The lowest BCUT2D eigenvalue weighted by molar-refractivity contribution is -0.146. The number of ether oxygens (including phenoxy) is 1. The number of methoxy groups -OCH3 is 1. The molecular weight excluding hydrogens is 472 g/mol. The van der Waals surface area contributed by atoms with Crippen LogP contribution in [-0.2, 0) is 11.2 Å². The molecule has 1 saturated heterocycles. The van der Waals surface area contributed by atoms with Crippen LogP contribution in [0.25, 0.3) is 10.9 Å². The van der Waals surface area contributed by atoms with Gasteiger partial charge in [0.05, 0.1) is 24.7 Å². The second kappa shape index (κ2) is 11.8. The van der Waals surface area contributed by atoms with Crippen molar-refractivity contribution >= 4 is 28.6 Å². The van der Waals surface area contributed by atoms with Gasteiger partial charge in [-0.1, -0.05) is 0 Å². The number of benzene rings is 1. The molecule has 1 aliphatic rings. The number of aliphatic carboxylic acids is 1. The molecule has 0 amide bonds. The van der Waals surface area contributed by atoms with E-state index in [1.54, 1.807) is 31.5 Å². The highest BCUT2D eigenvalue weighted by molar-refractivity contribution is 7.99. The maximum Gasteiger partial charge on any atom is 0.308 e. The van der Waals surface area contributed by atoms with Crippen molar-refractivity contribution in [2.75, 3.05) is 32.5 Å². The minimum absolute atomic E-state index is 0.0373. The van der Waals surface area contributed by atoms with E-state index in [1.165, 1.54) is 24.0 Å². The highest BCUT2D eigenvalue weighted by Gasteiger charge is 2.33. The van der Waals surface area contributed by atoms with Crippen molar-refractivity contribution < 1.29 is 23.4 Å². The summed E-state index contributed by atoms with van der Waals surface area (Å²) < 4.78 is 33.6. The number of likely N-dealkylation sites (tertiary alicyclic amines) is 1. The van der Waals surface area contributed by atoms with Crippen molar-refractivity contribution in [3.63, 3.8) is 0 Å². The Balaban J connectivity index is 1.33. The molecular formula is C26H29F2N3O3S. The van der Waals surface area contributed by atoms with E-state index in [9.17, 15) is 18.7 Å². The van der Waals surface area contributed by atoms with Crippen LogP contribution in [0.3, 0.4) is 0 Å². The maximum atomic E-state index is 14.6. The molecule has 9 heteroatoms. The van der Waals surface area contributed by atoms with E-state index in [0.29, 0.717) is 60.0 Å². The third-order valence-corrected chi connectivity index (χ3v) is 7.62. The van der Waals surface area contributed by atoms with Gasteiger partial charge >= 0.3 is 5.97 Å². The van der Waals surface area contributed by atoms with Gasteiger partial charge in [0.2, 0.25) is 0 Å². The number of pyridine rings is 2. The molecule has 2 aromatic heterocycles. The van der Waals surface area contributed by atoms with E-state index < -0.39 is 11.9 Å². The van der Waals surface area contributed by atoms with E-state index in [2.05, 4.69) is 14.9 Å². The largest absolute Gasteiger partial charge is 0.497 e. The van der Waals surface area contributed by atoms with Gasteiger partial charge in [0.15, 0.2) is 5.82 Å². The summed E-state index contributed by atoms with van der Waals surface area (Å²) in [6.07, 6.45) is 5.50. The molecule has 186 valence electrons. The lowest BCUT2D eigenvalue weighted by Crippen LogP contribution is -2.44. The van der Waals surface area contributed by atoms with Crippen molar-refractivity contribution in [2.45, 2.75) is 30.7 Å². The van der Waals surface area contributed by atoms with Crippen LogP contribution in [0.1, 0.15) is 24.8 Å². The van der Waals surface area contributed by atoms with E-state index in [0.717, 1.165) is 18.4 Å². The van der Waals surface area contributed by atoms with Crippen molar-refractivity contribution in [3.05, 3.63) is 59.9 Å². The summed E-state index contributed by atoms with van der Waals surface area (Å²) in [6, 6.07) is 8.36. The number of carboxylic acid groups (broad SMARTS) is 1. The predicted molar refractivity (Wildman–Crippen MR) is 132 cm³/mol. The number of thioether (sulfide) groups is 1. The molecule has 6 nitrogen and oxygen atoms in total. The minimum atomic E-state index is -0.798. The Bertz CT molecular complexity index is 1180. The number of carboxylic acids is 1. The Morgan fingerprint density at radius 2 is 2.11 bits per heavy atom. The lowest BCUT2D eigenvalue weighted by Gasteiger charge is -2.36. The predicted octanol–water partition coefficient (Wildman–Crippen LogP) is 5.05. The van der Waals surface area contributed by atoms with Crippen LogP contribution >= 0.6 is 11.8 Å². The number of aromatic nitrogens is 2. The fraction of sp³-hybridized carbons (Fsp3) is 0.423. The van der Waals surface area contributed by atoms with Crippen molar-refractivity contribution in [2.24, 2.45) is 11.8 Å². The second-order valence-electron chi connectivity index (χ2n) is 8.79. The third-order valence-electron chi connectivity index (χ3n) is 6.66. The van der Waals surface area contributed by atoms with Crippen molar-refractivity contribution in [1.29, 1.82) is 0 Å². The Morgan fingerprint density at radius 1 is 1.26 bits per heavy atom. The van der Waals surface area contributed by atoms with Gasteiger partial charge in [0, 0.05) is 30.4 Å². The van der Waals surface area contributed by atoms with Crippen LogP contribution in [-0.4, -0.2) is 58.4 Å². The molecule has 0 bridgehead atoms. The molecule has 0 aliphatic carbocycles. The zero-order valence-corrected chi connectivity index (χ0v) is 20.4. The van der Waals surface area contributed by atoms with E-state index in [4.69, 9.17) is 4.74 Å². The summed E-state index contributed by atoms with van der Waals surface area (Å²) in [7, 11) is 1.57. The number of hydrogen-bond acceptors (Lipinski definition) is 6. The van der Waals surface area contributed by atoms with Gasteiger partial charge in [-0.05, 0) is 74.0 Å². The number of hydrogen-bond donors (Lipinski definition) is 1. The Hall–Kier alpha value is -2.78. The van der Waals surface area contributed by atoms with E-state index in [-0.39, 0.29) is 17.6 Å². The number of aryl methyl sites for hydroxylation is 1.